The topological polar surface area (TPSA) is 55.2 Å². The highest BCUT2D eigenvalue weighted by Crippen LogP contribution is 2.38. The molecule has 152 valence electrons. The molecule has 31 heavy (non-hydrogen) atoms. The lowest BCUT2D eigenvalue weighted by Crippen LogP contribution is -2.24. The number of carbonyl (C=O) groups excluding carboxylic acids is 1. The molecule has 4 aromatic rings. The normalized spacial score (nSPS) is 14.5. The molecule has 1 aromatic heterocycles. The lowest BCUT2D eigenvalue weighted by atomic mass is 10.1. The lowest BCUT2D eigenvalue weighted by Gasteiger charge is -2.14. The fourth-order valence-corrected chi connectivity index (χ4v) is 4.35. The van der Waals surface area contributed by atoms with Gasteiger partial charge in [0.2, 0.25) is 0 Å². The molecule has 1 aliphatic heterocycles. The number of benzene rings is 3. The number of para-hydroxylation sites is 2. The molecule has 0 radical (unpaired) electrons. The average molecular weight is 472 g/mol. The van der Waals surface area contributed by atoms with E-state index < -0.39 is 0 Å². The van der Waals surface area contributed by atoms with E-state index in [9.17, 15) is 9.59 Å². The van der Waals surface area contributed by atoms with Gasteiger partial charge < -0.3 is 4.90 Å². The Bertz CT molecular complexity index is 1470. The second-order valence-corrected chi connectivity index (χ2v) is 8.41. The highest BCUT2D eigenvalue weighted by atomic mass is 79.9. The summed E-state index contributed by atoms with van der Waals surface area (Å²) in [7, 11) is 1.75. The van der Waals surface area contributed by atoms with Crippen LogP contribution in [0.3, 0.4) is 0 Å². The van der Waals surface area contributed by atoms with E-state index in [2.05, 4.69) is 15.9 Å². The van der Waals surface area contributed by atoms with Gasteiger partial charge >= 0.3 is 0 Å². The highest BCUT2D eigenvalue weighted by Gasteiger charge is 2.30. The molecule has 1 amide bonds. The Morgan fingerprint density at radius 2 is 1.68 bits per heavy atom. The van der Waals surface area contributed by atoms with E-state index in [0.717, 1.165) is 27.0 Å². The Kier molecular flexibility index (Phi) is 4.59. The Labute approximate surface area is 187 Å². The van der Waals surface area contributed by atoms with Crippen LogP contribution in [0.15, 0.2) is 76.0 Å². The molecular weight excluding hydrogens is 454 g/mol. The molecule has 5 nitrogen and oxygen atoms in total. The van der Waals surface area contributed by atoms with Gasteiger partial charge in [-0.3, -0.25) is 14.2 Å². The fourth-order valence-electron chi connectivity index (χ4n) is 3.98. The van der Waals surface area contributed by atoms with Crippen LogP contribution in [0.1, 0.15) is 17.0 Å². The zero-order valence-corrected chi connectivity index (χ0v) is 18.6. The van der Waals surface area contributed by atoms with Crippen LogP contribution >= 0.6 is 15.9 Å². The van der Waals surface area contributed by atoms with E-state index in [1.807, 2.05) is 67.6 Å². The first-order chi connectivity index (χ1) is 15.0. The molecule has 0 fully saturated rings. The molecule has 3 aromatic carbocycles. The predicted octanol–water partition coefficient (Wildman–Crippen LogP) is 4.97. The molecule has 0 bridgehead atoms. The number of hydrogen-bond acceptors (Lipinski definition) is 3. The molecule has 6 heteroatoms. The summed E-state index contributed by atoms with van der Waals surface area (Å²) in [4.78, 5) is 33.0. The maximum absolute atomic E-state index is 13.5. The third-order valence-corrected chi connectivity index (χ3v) is 6.07. The number of nitrogens with zero attached hydrogens (tertiary/aromatic N) is 3. The first-order valence-corrected chi connectivity index (χ1v) is 10.6. The van der Waals surface area contributed by atoms with Gasteiger partial charge in [-0.2, -0.15) is 0 Å². The number of aryl methyl sites for hydroxylation is 1. The summed E-state index contributed by atoms with van der Waals surface area (Å²) >= 11 is 3.49. The smallest absolute Gasteiger partial charge is 0.266 e. The predicted molar refractivity (Wildman–Crippen MR) is 128 cm³/mol. The van der Waals surface area contributed by atoms with Gasteiger partial charge in [0.05, 0.1) is 27.9 Å². The van der Waals surface area contributed by atoms with Gasteiger partial charge in [0.25, 0.3) is 11.5 Å². The average Bonchev–Trinajstić information content (AvgIpc) is 2.99. The van der Waals surface area contributed by atoms with Crippen molar-refractivity contribution in [1.29, 1.82) is 0 Å². The van der Waals surface area contributed by atoms with Crippen molar-refractivity contribution in [3.05, 3.63) is 98.5 Å². The molecule has 2 heterocycles. The van der Waals surface area contributed by atoms with Gasteiger partial charge in [-0.05, 0) is 55.0 Å². The lowest BCUT2D eigenvalue weighted by molar-refractivity contribution is -0.112. The quantitative estimate of drug-likeness (QED) is 0.387. The van der Waals surface area contributed by atoms with Crippen molar-refractivity contribution in [3.63, 3.8) is 0 Å². The number of fused-ring (bicyclic) bond motifs is 2. The van der Waals surface area contributed by atoms with Crippen molar-refractivity contribution >= 4 is 50.1 Å². The first kappa shape index (κ1) is 19.5. The minimum Gasteiger partial charge on any atom is -0.311 e. The molecule has 0 unspecified atom stereocenters. The summed E-state index contributed by atoms with van der Waals surface area (Å²) in [5, 5.41) is 0.533. The zero-order chi connectivity index (χ0) is 21.7. The zero-order valence-electron chi connectivity index (χ0n) is 17.0. The van der Waals surface area contributed by atoms with Gasteiger partial charge in [0, 0.05) is 17.1 Å². The molecule has 0 saturated heterocycles. The van der Waals surface area contributed by atoms with Crippen LogP contribution in [-0.4, -0.2) is 22.5 Å². The van der Waals surface area contributed by atoms with Crippen LogP contribution in [0.25, 0.3) is 28.2 Å². The van der Waals surface area contributed by atoms with Crippen molar-refractivity contribution in [1.82, 2.24) is 9.55 Å². The van der Waals surface area contributed by atoms with E-state index in [0.29, 0.717) is 22.3 Å². The third kappa shape index (κ3) is 3.11. The third-order valence-electron chi connectivity index (χ3n) is 5.58. The first-order valence-electron chi connectivity index (χ1n) is 9.83. The van der Waals surface area contributed by atoms with Gasteiger partial charge in [-0.15, -0.1) is 0 Å². The van der Waals surface area contributed by atoms with E-state index in [4.69, 9.17) is 4.98 Å². The van der Waals surface area contributed by atoms with E-state index >= 15 is 0 Å². The largest absolute Gasteiger partial charge is 0.311 e. The number of rotatable bonds is 2. The molecule has 5 rings (SSSR count). The van der Waals surface area contributed by atoms with Crippen molar-refractivity contribution in [2.24, 2.45) is 0 Å². The molecule has 0 N–H and O–H groups in total. The van der Waals surface area contributed by atoms with Crippen molar-refractivity contribution in [2.45, 2.75) is 6.92 Å². The van der Waals surface area contributed by atoms with Gasteiger partial charge in [0.1, 0.15) is 5.82 Å². The standard InChI is InChI=1S/C25H18BrN3O2/c1-15-7-3-6-10-21(15)29-23(27-20-9-5-4-8-17(20)25(29)31)14-19-18-13-16(26)11-12-22(18)28(2)24(19)30/h3-14H,1-2H3/b19-14-. The second kappa shape index (κ2) is 7.32. The van der Waals surface area contributed by atoms with Crippen LogP contribution < -0.4 is 10.5 Å². The van der Waals surface area contributed by atoms with Crippen LogP contribution in [0, 0.1) is 6.92 Å². The number of amides is 1. The van der Waals surface area contributed by atoms with E-state index in [-0.39, 0.29) is 11.5 Å². The highest BCUT2D eigenvalue weighted by molar-refractivity contribution is 9.10. The summed E-state index contributed by atoms with van der Waals surface area (Å²) in [6.45, 7) is 1.95. The number of aromatic nitrogens is 2. The SMILES string of the molecule is Cc1ccccc1-n1c(/C=C2\C(=O)N(C)c3ccc(Br)cc32)nc2ccccc2c1=O. The van der Waals surface area contributed by atoms with Gasteiger partial charge in [-0.25, -0.2) is 4.98 Å². The van der Waals surface area contributed by atoms with Gasteiger partial charge in [-0.1, -0.05) is 46.3 Å². The Hall–Kier alpha value is -3.51. The summed E-state index contributed by atoms with van der Waals surface area (Å²) in [6, 6.07) is 20.7. The molecular formula is C25H18BrN3O2. The number of anilines is 1. The molecule has 0 saturated carbocycles. The van der Waals surface area contributed by atoms with E-state index in [1.165, 1.54) is 0 Å². The molecule has 0 spiro atoms. The minimum atomic E-state index is -0.167. The molecule has 0 atom stereocenters. The Morgan fingerprint density at radius 1 is 0.935 bits per heavy atom. The van der Waals surface area contributed by atoms with Crippen LogP contribution in [0.2, 0.25) is 0 Å². The summed E-state index contributed by atoms with van der Waals surface area (Å²) in [5.41, 5.74) is 4.25. The molecule has 0 aliphatic carbocycles. The van der Waals surface area contributed by atoms with E-state index in [1.54, 1.807) is 28.7 Å². The number of likely N-dealkylation sites (N-methyl/N-ethyl adjacent to an activating group) is 1. The number of hydrogen-bond donors (Lipinski definition) is 0. The minimum absolute atomic E-state index is 0.133. The number of carbonyl (C=O) groups is 1. The maximum atomic E-state index is 13.5. The number of halogens is 1. The molecule has 1 aliphatic rings. The summed E-state index contributed by atoms with van der Waals surface area (Å²) in [6.07, 6.45) is 1.72. The second-order valence-electron chi connectivity index (χ2n) is 7.50. The van der Waals surface area contributed by atoms with Crippen molar-refractivity contribution < 1.29 is 4.79 Å². The summed E-state index contributed by atoms with van der Waals surface area (Å²) < 4.78 is 2.47. The summed E-state index contributed by atoms with van der Waals surface area (Å²) in [5.74, 6) is 0.286. The van der Waals surface area contributed by atoms with Crippen molar-refractivity contribution in [3.8, 4) is 5.69 Å². The Balaban J connectivity index is 1.85. The maximum Gasteiger partial charge on any atom is 0.266 e. The monoisotopic (exact) mass is 471 g/mol. The van der Waals surface area contributed by atoms with Crippen LogP contribution in [0.5, 0.6) is 0 Å². The Morgan fingerprint density at radius 3 is 2.48 bits per heavy atom. The van der Waals surface area contributed by atoms with Crippen LogP contribution in [-0.2, 0) is 4.79 Å². The van der Waals surface area contributed by atoms with Crippen LogP contribution in [0.4, 0.5) is 5.69 Å². The van der Waals surface area contributed by atoms with Gasteiger partial charge in [0.15, 0.2) is 0 Å². The fraction of sp³-hybridized carbons (Fsp3) is 0.0800. The van der Waals surface area contributed by atoms with Crippen molar-refractivity contribution in [2.75, 3.05) is 11.9 Å².